The molecule has 0 saturated carbocycles. The molecule has 0 amide bonds. The highest BCUT2D eigenvalue weighted by Crippen LogP contribution is 2.41. The quantitative estimate of drug-likeness (QED) is 0.0872. The van der Waals surface area contributed by atoms with Gasteiger partial charge in [0.2, 0.25) is 0 Å². The van der Waals surface area contributed by atoms with E-state index in [0.29, 0.717) is 0 Å². The van der Waals surface area contributed by atoms with Gasteiger partial charge in [0.1, 0.15) is 0 Å². The van der Waals surface area contributed by atoms with Gasteiger partial charge in [-0.15, -0.1) is 0 Å². The van der Waals surface area contributed by atoms with Gasteiger partial charge in [0, 0.05) is 17.1 Å². The van der Waals surface area contributed by atoms with Crippen LogP contribution < -0.4 is 4.90 Å². The maximum Gasteiger partial charge on any atom is 0.0467 e. The number of hydrogen-bond donors (Lipinski definition) is 0. The molecule has 256 valence electrons. The van der Waals surface area contributed by atoms with Crippen molar-refractivity contribution in [2.45, 2.75) is 6.92 Å². The van der Waals surface area contributed by atoms with Crippen molar-refractivity contribution in [2.75, 3.05) is 4.90 Å². The first-order valence-corrected chi connectivity index (χ1v) is 18.6. The molecule has 0 bridgehead atoms. The minimum Gasteiger partial charge on any atom is -0.310 e. The molecule has 0 heterocycles. The molecule has 0 fully saturated rings. The number of nitrogens with zero attached hydrogens (tertiary/aromatic N) is 1. The predicted octanol–water partition coefficient (Wildman–Crippen LogP) is 15.1. The fourth-order valence-electron chi connectivity index (χ4n) is 7.73. The maximum absolute atomic E-state index is 2.39. The fourth-order valence-corrected chi connectivity index (χ4v) is 7.73. The highest BCUT2D eigenvalue weighted by Gasteiger charge is 2.16. The lowest BCUT2D eigenvalue weighted by Gasteiger charge is -2.26. The third-order valence-electron chi connectivity index (χ3n) is 10.3. The summed E-state index contributed by atoms with van der Waals surface area (Å²) in [6.45, 7) is 2.07. The standard InChI is InChI=1S/C53H39N/c1-2-14-43(35-38-15-5-3-6-16-38)40-25-30-45(31-26-40)54(47-21-13-20-44(36-47)39-17-7-4-8-18-39)46-32-27-42(28-33-46)52-37-53-48-22-10-9-19-41(48)29-34-51(53)49-23-11-12-24-50(49)52/h2-37H,1H3/b14-2-,43-35+. The Kier molecular flexibility index (Phi) is 8.89. The average molecular weight is 690 g/mol. The normalized spacial score (nSPS) is 11.8. The second-order valence-corrected chi connectivity index (χ2v) is 13.7. The second kappa shape index (κ2) is 14.6. The molecular weight excluding hydrogens is 651 g/mol. The van der Waals surface area contributed by atoms with E-state index < -0.39 is 0 Å². The van der Waals surface area contributed by atoms with E-state index in [2.05, 4.69) is 230 Å². The van der Waals surface area contributed by atoms with Crippen LogP contribution in [0.2, 0.25) is 0 Å². The topological polar surface area (TPSA) is 3.24 Å². The minimum absolute atomic E-state index is 1.10. The number of benzene rings is 9. The Hall–Kier alpha value is -6.96. The lowest BCUT2D eigenvalue weighted by Crippen LogP contribution is -2.10. The molecule has 1 nitrogen and oxygen atoms in total. The minimum atomic E-state index is 1.10. The molecule has 9 rings (SSSR count). The Morgan fingerprint density at radius 1 is 0.407 bits per heavy atom. The molecule has 0 saturated heterocycles. The molecule has 0 aliphatic heterocycles. The molecule has 9 aromatic carbocycles. The van der Waals surface area contributed by atoms with E-state index in [1.54, 1.807) is 0 Å². The van der Waals surface area contributed by atoms with Gasteiger partial charge in [-0.3, -0.25) is 0 Å². The van der Waals surface area contributed by atoms with Crippen LogP contribution in [0.15, 0.2) is 212 Å². The third-order valence-corrected chi connectivity index (χ3v) is 10.3. The molecule has 0 spiro atoms. The summed E-state index contributed by atoms with van der Waals surface area (Å²) in [7, 11) is 0. The Labute approximate surface area is 317 Å². The zero-order chi connectivity index (χ0) is 36.3. The molecule has 0 aliphatic carbocycles. The number of allylic oxidation sites excluding steroid dienone is 3. The van der Waals surface area contributed by atoms with Crippen molar-refractivity contribution in [1.82, 2.24) is 0 Å². The van der Waals surface area contributed by atoms with E-state index >= 15 is 0 Å². The van der Waals surface area contributed by atoms with Gasteiger partial charge in [-0.2, -0.15) is 0 Å². The van der Waals surface area contributed by atoms with Crippen LogP contribution >= 0.6 is 0 Å². The molecule has 1 heteroatoms. The number of hydrogen-bond acceptors (Lipinski definition) is 1. The Bertz CT molecular complexity index is 2790. The maximum atomic E-state index is 2.39. The predicted molar refractivity (Wildman–Crippen MR) is 234 cm³/mol. The summed E-state index contributed by atoms with van der Waals surface area (Å²) in [4.78, 5) is 2.36. The first kappa shape index (κ1) is 32.9. The van der Waals surface area contributed by atoms with Crippen molar-refractivity contribution in [3.8, 4) is 22.3 Å². The van der Waals surface area contributed by atoms with Crippen LogP contribution in [-0.2, 0) is 0 Å². The first-order valence-electron chi connectivity index (χ1n) is 18.6. The van der Waals surface area contributed by atoms with Crippen LogP contribution in [-0.4, -0.2) is 0 Å². The van der Waals surface area contributed by atoms with Gasteiger partial charge >= 0.3 is 0 Å². The molecule has 9 aromatic rings. The van der Waals surface area contributed by atoms with Crippen molar-refractivity contribution in [1.29, 1.82) is 0 Å². The number of anilines is 3. The fraction of sp³-hybridized carbons (Fsp3) is 0.0189. The summed E-state index contributed by atoms with van der Waals surface area (Å²) in [6.07, 6.45) is 6.53. The van der Waals surface area contributed by atoms with E-state index in [1.165, 1.54) is 71.3 Å². The zero-order valence-corrected chi connectivity index (χ0v) is 30.2. The smallest absolute Gasteiger partial charge is 0.0467 e. The summed E-state index contributed by atoms with van der Waals surface area (Å²) < 4.78 is 0. The lowest BCUT2D eigenvalue weighted by atomic mass is 9.91. The molecule has 0 N–H and O–H groups in total. The van der Waals surface area contributed by atoms with Crippen LogP contribution in [0.5, 0.6) is 0 Å². The van der Waals surface area contributed by atoms with Gasteiger partial charge in [-0.25, -0.2) is 0 Å². The largest absolute Gasteiger partial charge is 0.310 e. The first-order chi connectivity index (χ1) is 26.7. The average Bonchev–Trinajstić information content (AvgIpc) is 3.24. The summed E-state index contributed by atoms with van der Waals surface area (Å²) >= 11 is 0. The molecule has 54 heavy (non-hydrogen) atoms. The van der Waals surface area contributed by atoms with Crippen LogP contribution in [0.1, 0.15) is 18.1 Å². The SMILES string of the molecule is C/C=C\C(=C/c1ccccc1)c1ccc(N(c2ccc(-c3cc4c5ccccc5ccc4c4ccccc34)cc2)c2cccc(-c3ccccc3)c2)cc1. The van der Waals surface area contributed by atoms with Crippen LogP contribution in [0.25, 0.3) is 66.2 Å². The van der Waals surface area contributed by atoms with Crippen LogP contribution in [0.4, 0.5) is 17.1 Å². The molecule has 0 unspecified atom stereocenters. The van der Waals surface area contributed by atoms with Gasteiger partial charge in [-0.1, -0.05) is 170 Å². The van der Waals surface area contributed by atoms with Gasteiger partial charge in [0.15, 0.2) is 0 Å². The van der Waals surface area contributed by atoms with Gasteiger partial charge in [-0.05, 0) is 127 Å². The third kappa shape index (κ3) is 6.38. The summed E-state index contributed by atoms with van der Waals surface area (Å²) in [6, 6.07) is 72.4. The number of rotatable bonds is 8. The van der Waals surface area contributed by atoms with Crippen LogP contribution in [0.3, 0.4) is 0 Å². The van der Waals surface area contributed by atoms with Crippen LogP contribution in [0, 0.1) is 0 Å². The summed E-state index contributed by atoms with van der Waals surface area (Å²) in [5.41, 5.74) is 11.6. The van der Waals surface area contributed by atoms with E-state index in [9.17, 15) is 0 Å². The number of fused-ring (bicyclic) bond motifs is 5. The van der Waals surface area contributed by atoms with Crippen molar-refractivity contribution < 1.29 is 0 Å². The van der Waals surface area contributed by atoms with Crippen molar-refractivity contribution in [3.63, 3.8) is 0 Å². The Morgan fingerprint density at radius 3 is 1.76 bits per heavy atom. The summed E-state index contributed by atoms with van der Waals surface area (Å²) in [5, 5.41) is 7.64. The van der Waals surface area contributed by atoms with Gasteiger partial charge in [0.25, 0.3) is 0 Å². The Morgan fingerprint density at radius 2 is 1.02 bits per heavy atom. The van der Waals surface area contributed by atoms with E-state index in [1.807, 2.05) is 0 Å². The van der Waals surface area contributed by atoms with E-state index in [0.717, 1.165) is 17.1 Å². The molecule has 0 atom stereocenters. The highest BCUT2D eigenvalue weighted by molar-refractivity contribution is 6.21. The highest BCUT2D eigenvalue weighted by atomic mass is 15.1. The van der Waals surface area contributed by atoms with Crippen molar-refractivity contribution in [2.24, 2.45) is 0 Å². The molecule has 0 radical (unpaired) electrons. The molecule has 0 aromatic heterocycles. The van der Waals surface area contributed by atoms with Crippen molar-refractivity contribution in [3.05, 3.63) is 223 Å². The zero-order valence-electron chi connectivity index (χ0n) is 30.2. The van der Waals surface area contributed by atoms with Gasteiger partial charge in [0.05, 0.1) is 0 Å². The van der Waals surface area contributed by atoms with E-state index in [-0.39, 0.29) is 0 Å². The second-order valence-electron chi connectivity index (χ2n) is 13.7. The van der Waals surface area contributed by atoms with E-state index in [4.69, 9.17) is 0 Å². The molecular formula is C53H39N. The van der Waals surface area contributed by atoms with Crippen molar-refractivity contribution >= 4 is 61.0 Å². The molecule has 0 aliphatic rings. The lowest BCUT2D eigenvalue weighted by molar-refractivity contribution is 1.28. The van der Waals surface area contributed by atoms with Gasteiger partial charge < -0.3 is 4.90 Å². The summed E-state index contributed by atoms with van der Waals surface area (Å²) in [5.74, 6) is 0. The Balaban J connectivity index is 1.16. The monoisotopic (exact) mass is 689 g/mol.